The Kier molecular flexibility index (Phi) is 5.92. The van der Waals surface area contributed by atoms with Crippen LogP contribution in [0.1, 0.15) is 44.9 Å². The molecule has 0 bridgehead atoms. The molecule has 110 valence electrons. The molecule has 1 heterocycles. The number of likely N-dealkylation sites (tertiary alicyclic amines) is 1. The average molecular weight is 267 g/mol. The molecule has 2 rings (SSSR count). The summed E-state index contributed by atoms with van der Waals surface area (Å²) in [7, 11) is 2.20. The van der Waals surface area contributed by atoms with Crippen LogP contribution in [0.2, 0.25) is 0 Å². The van der Waals surface area contributed by atoms with Gasteiger partial charge in [-0.2, -0.15) is 0 Å². The first-order valence-corrected chi connectivity index (χ1v) is 7.74. The van der Waals surface area contributed by atoms with Crippen molar-refractivity contribution in [3.05, 3.63) is 0 Å². The number of rotatable bonds is 4. The predicted molar refractivity (Wildman–Crippen MR) is 79.9 cm³/mol. The Morgan fingerprint density at radius 2 is 1.89 bits per heavy atom. The van der Waals surface area contributed by atoms with Gasteiger partial charge >= 0.3 is 0 Å². The van der Waals surface area contributed by atoms with Crippen molar-refractivity contribution in [2.24, 2.45) is 16.8 Å². The van der Waals surface area contributed by atoms with Crippen molar-refractivity contribution in [3.8, 4) is 0 Å². The molecule has 0 aromatic heterocycles. The minimum Gasteiger partial charge on any atom is -0.353 e. The maximum absolute atomic E-state index is 5.54. The third-order valence-corrected chi connectivity index (χ3v) is 4.48. The number of hydrazine groups is 1. The van der Waals surface area contributed by atoms with Crippen molar-refractivity contribution in [2.75, 3.05) is 26.7 Å². The van der Waals surface area contributed by atoms with Crippen molar-refractivity contribution in [1.29, 1.82) is 0 Å². The lowest BCUT2D eigenvalue weighted by molar-refractivity contribution is 0.214. The van der Waals surface area contributed by atoms with E-state index in [1.54, 1.807) is 0 Å². The normalized spacial score (nSPS) is 23.8. The van der Waals surface area contributed by atoms with Crippen LogP contribution in [0, 0.1) is 5.92 Å². The van der Waals surface area contributed by atoms with Crippen molar-refractivity contribution in [1.82, 2.24) is 15.6 Å². The summed E-state index contributed by atoms with van der Waals surface area (Å²) in [5, 5.41) is 3.42. The van der Waals surface area contributed by atoms with E-state index < -0.39 is 0 Å². The molecule has 0 amide bonds. The summed E-state index contributed by atoms with van der Waals surface area (Å²) in [6.07, 6.45) is 8.95. The van der Waals surface area contributed by atoms with Gasteiger partial charge in [-0.05, 0) is 58.2 Å². The van der Waals surface area contributed by atoms with E-state index in [9.17, 15) is 0 Å². The number of hydrogen-bond donors (Lipinski definition) is 3. The Labute approximate surface area is 117 Å². The largest absolute Gasteiger partial charge is 0.353 e. The number of nitrogens with zero attached hydrogens (tertiary/aromatic N) is 2. The smallest absolute Gasteiger partial charge is 0.205 e. The average Bonchev–Trinajstić information content (AvgIpc) is 2.93. The van der Waals surface area contributed by atoms with Gasteiger partial charge in [0.25, 0.3) is 0 Å². The quantitative estimate of drug-likeness (QED) is 0.308. The van der Waals surface area contributed by atoms with E-state index in [4.69, 9.17) is 5.84 Å². The summed E-state index contributed by atoms with van der Waals surface area (Å²) < 4.78 is 0. The van der Waals surface area contributed by atoms with E-state index >= 15 is 0 Å². The van der Waals surface area contributed by atoms with Crippen LogP contribution in [0.5, 0.6) is 0 Å². The van der Waals surface area contributed by atoms with Crippen LogP contribution in [-0.2, 0) is 0 Å². The van der Waals surface area contributed by atoms with Gasteiger partial charge in [0.15, 0.2) is 0 Å². The predicted octanol–water partition coefficient (Wildman–Crippen LogP) is 1.07. The Morgan fingerprint density at radius 1 is 1.21 bits per heavy atom. The molecule has 1 saturated heterocycles. The summed E-state index contributed by atoms with van der Waals surface area (Å²) in [5.74, 6) is 7.15. The molecule has 0 unspecified atom stereocenters. The maximum Gasteiger partial charge on any atom is 0.205 e. The number of guanidine groups is 1. The van der Waals surface area contributed by atoms with Crippen molar-refractivity contribution < 1.29 is 0 Å². The fourth-order valence-electron chi connectivity index (χ4n) is 3.11. The second-order valence-corrected chi connectivity index (χ2v) is 6.04. The van der Waals surface area contributed by atoms with Crippen molar-refractivity contribution >= 4 is 5.96 Å². The van der Waals surface area contributed by atoms with E-state index in [0.29, 0.717) is 6.04 Å². The number of nitrogens with two attached hydrogens (primary N) is 1. The van der Waals surface area contributed by atoms with Crippen LogP contribution in [0.4, 0.5) is 0 Å². The first-order chi connectivity index (χ1) is 9.28. The minimum absolute atomic E-state index is 0.568. The molecule has 0 radical (unpaired) electrons. The summed E-state index contributed by atoms with van der Waals surface area (Å²) in [6, 6.07) is 0.568. The molecule has 19 heavy (non-hydrogen) atoms. The van der Waals surface area contributed by atoms with Gasteiger partial charge in [0.05, 0.1) is 0 Å². The third-order valence-electron chi connectivity index (χ3n) is 4.48. The van der Waals surface area contributed by atoms with Gasteiger partial charge in [0.2, 0.25) is 5.96 Å². The molecular formula is C14H29N5. The second kappa shape index (κ2) is 7.70. The Bertz CT molecular complexity index is 278. The summed E-state index contributed by atoms with van der Waals surface area (Å²) in [5.41, 5.74) is 2.70. The lowest BCUT2D eigenvalue weighted by Gasteiger charge is -2.28. The Balaban J connectivity index is 1.67. The van der Waals surface area contributed by atoms with Gasteiger partial charge in [-0.25, -0.2) is 5.84 Å². The number of aliphatic imine (C=N–C) groups is 1. The molecule has 5 nitrogen and oxygen atoms in total. The standard InChI is InChI=1S/C14H29N5/c1-19-10-7-12(8-11-19)6-9-16-14(18-15)17-13-4-2-3-5-13/h12-13H,2-11,15H2,1H3,(H2,16,17,18). The highest BCUT2D eigenvalue weighted by molar-refractivity contribution is 5.79. The maximum atomic E-state index is 5.54. The topological polar surface area (TPSA) is 65.7 Å². The second-order valence-electron chi connectivity index (χ2n) is 6.04. The zero-order chi connectivity index (χ0) is 13.5. The van der Waals surface area contributed by atoms with Crippen LogP contribution >= 0.6 is 0 Å². The SMILES string of the molecule is CN1CCC(CCN=C(NN)NC2CCCC2)CC1. The molecule has 0 spiro atoms. The zero-order valence-electron chi connectivity index (χ0n) is 12.2. The molecule has 0 atom stereocenters. The van der Waals surface area contributed by atoms with Gasteiger partial charge in [-0.3, -0.25) is 10.4 Å². The van der Waals surface area contributed by atoms with Gasteiger partial charge in [0.1, 0.15) is 0 Å². The molecule has 1 aliphatic heterocycles. The lowest BCUT2D eigenvalue weighted by Crippen LogP contribution is -2.45. The monoisotopic (exact) mass is 267 g/mol. The number of piperidine rings is 1. The van der Waals surface area contributed by atoms with Crippen LogP contribution in [-0.4, -0.2) is 43.6 Å². The molecular weight excluding hydrogens is 238 g/mol. The van der Waals surface area contributed by atoms with Crippen molar-refractivity contribution in [2.45, 2.75) is 51.0 Å². The number of nitrogens with one attached hydrogen (secondary N) is 2. The van der Waals surface area contributed by atoms with Gasteiger partial charge in [-0.1, -0.05) is 12.8 Å². The minimum atomic E-state index is 0.568. The summed E-state index contributed by atoms with van der Waals surface area (Å²) in [6.45, 7) is 3.35. The van der Waals surface area contributed by atoms with E-state index in [2.05, 4.69) is 27.7 Å². The molecule has 5 heteroatoms. The van der Waals surface area contributed by atoms with E-state index in [1.165, 1.54) is 58.0 Å². The fourth-order valence-corrected chi connectivity index (χ4v) is 3.11. The van der Waals surface area contributed by atoms with Gasteiger partial charge < -0.3 is 10.2 Å². The molecule has 1 saturated carbocycles. The summed E-state index contributed by atoms with van der Waals surface area (Å²) >= 11 is 0. The van der Waals surface area contributed by atoms with Crippen LogP contribution in [0.15, 0.2) is 4.99 Å². The molecule has 2 fully saturated rings. The highest BCUT2D eigenvalue weighted by Gasteiger charge is 2.17. The summed E-state index contributed by atoms with van der Waals surface area (Å²) in [4.78, 5) is 6.99. The first-order valence-electron chi connectivity index (χ1n) is 7.74. The van der Waals surface area contributed by atoms with Crippen LogP contribution in [0.3, 0.4) is 0 Å². The highest BCUT2D eigenvalue weighted by Crippen LogP contribution is 2.19. The van der Waals surface area contributed by atoms with Gasteiger partial charge in [-0.15, -0.1) is 0 Å². The Hall–Kier alpha value is -0.810. The van der Waals surface area contributed by atoms with E-state index in [-0.39, 0.29) is 0 Å². The first kappa shape index (κ1) is 14.6. The lowest BCUT2D eigenvalue weighted by atomic mass is 9.94. The van der Waals surface area contributed by atoms with Gasteiger partial charge in [0, 0.05) is 12.6 Å². The van der Waals surface area contributed by atoms with Crippen LogP contribution < -0.4 is 16.6 Å². The fraction of sp³-hybridized carbons (Fsp3) is 0.929. The molecule has 0 aromatic rings. The van der Waals surface area contributed by atoms with E-state index in [1.807, 2.05) is 0 Å². The van der Waals surface area contributed by atoms with Crippen molar-refractivity contribution in [3.63, 3.8) is 0 Å². The third kappa shape index (κ3) is 4.99. The molecule has 4 N–H and O–H groups in total. The number of hydrogen-bond acceptors (Lipinski definition) is 3. The molecule has 0 aromatic carbocycles. The molecule has 1 aliphatic carbocycles. The van der Waals surface area contributed by atoms with Crippen LogP contribution in [0.25, 0.3) is 0 Å². The zero-order valence-corrected chi connectivity index (χ0v) is 12.2. The Morgan fingerprint density at radius 3 is 2.53 bits per heavy atom. The molecule has 2 aliphatic rings. The van der Waals surface area contributed by atoms with E-state index in [0.717, 1.165) is 18.4 Å². The highest BCUT2D eigenvalue weighted by atomic mass is 15.3.